The van der Waals surface area contributed by atoms with Gasteiger partial charge in [0.05, 0.1) is 5.41 Å². The lowest BCUT2D eigenvalue weighted by atomic mass is 9.78. The third-order valence-corrected chi connectivity index (χ3v) is 5.42. The van der Waals surface area contributed by atoms with Crippen molar-refractivity contribution in [3.05, 3.63) is 35.9 Å². The van der Waals surface area contributed by atoms with Gasteiger partial charge in [0.2, 0.25) is 5.91 Å². The molecule has 122 valence electrons. The first-order valence-electron chi connectivity index (χ1n) is 8.09. The molecule has 1 aromatic rings. The number of nitrogens with zero attached hydrogens (tertiary/aromatic N) is 1. The topological polar surface area (TPSA) is 32.3 Å². The second-order valence-electron chi connectivity index (χ2n) is 7.22. The van der Waals surface area contributed by atoms with E-state index in [0.29, 0.717) is 5.41 Å². The molecule has 2 aliphatic rings. The van der Waals surface area contributed by atoms with E-state index >= 15 is 0 Å². The Kier molecular flexibility index (Phi) is 5.18. The molecule has 22 heavy (non-hydrogen) atoms. The van der Waals surface area contributed by atoms with E-state index in [2.05, 4.69) is 36.2 Å². The van der Waals surface area contributed by atoms with Gasteiger partial charge in [0.1, 0.15) is 0 Å². The molecule has 2 heterocycles. The highest BCUT2D eigenvalue weighted by Gasteiger charge is 2.44. The maximum absolute atomic E-state index is 13.0. The zero-order valence-corrected chi connectivity index (χ0v) is 14.4. The van der Waals surface area contributed by atoms with Crippen LogP contribution in [0.1, 0.15) is 38.7 Å². The molecule has 1 aromatic carbocycles. The number of hydrogen-bond acceptors (Lipinski definition) is 2. The highest BCUT2D eigenvalue weighted by Crippen LogP contribution is 2.40. The Bertz CT molecular complexity index is 509. The first kappa shape index (κ1) is 17.3. The number of carbonyl (C=O) groups is 1. The smallest absolute Gasteiger partial charge is 0.232 e. The maximum atomic E-state index is 13.0. The fourth-order valence-electron chi connectivity index (χ4n) is 3.85. The van der Waals surface area contributed by atoms with Crippen molar-refractivity contribution in [2.24, 2.45) is 5.41 Å². The summed E-state index contributed by atoms with van der Waals surface area (Å²) < 4.78 is 0. The fourth-order valence-corrected chi connectivity index (χ4v) is 3.85. The summed E-state index contributed by atoms with van der Waals surface area (Å²) in [5, 5.41) is 3.43. The molecule has 1 amide bonds. The van der Waals surface area contributed by atoms with E-state index in [1.165, 1.54) is 19.3 Å². The molecule has 0 radical (unpaired) electrons. The van der Waals surface area contributed by atoms with Crippen molar-refractivity contribution >= 4 is 18.3 Å². The van der Waals surface area contributed by atoms with Crippen LogP contribution < -0.4 is 5.32 Å². The molecule has 4 heteroatoms. The van der Waals surface area contributed by atoms with E-state index in [0.717, 1.165) is 31.7 Å². The Morgan fingerprint density at radius 1 is 1.14 bits per heavy atom. The third kappa shape index (κ3) is 3.16. The SMILES string of the molecule is CC(C)(C(=O)N1CCC2(CCNCC2)C1)c1ccccc1.Cl. The van der Waals surface area contributed by atoms with E-state index in [4.69, 9.17) is 0 Å². The van der Waals surface area contributed by atoms with Crippen LogP contribution in [0.4, 0.5) is 0 Å². The first-order valence-corrected chi connectivity index (χ1v) is 8.09. The van der Waals surface area contributed by atoms with Crippen LogP contribution in [0, 0.1) is 5.41 Å². The van der Waals surface area contributed by atoms with Crippen molar-refractivity contribution in [3.8, 4) is 0 Å². The van der Waals surface area contributed by atoms with Gasteiger partial charge in [-0.25, -0.2) is 0 Å². The summed E-state index contributed by atoms with van der Waals surface area (Å²) in [5.74, 6) is 0.282. The molecule has 2 aliphatic heterocycles. The summed E-state index contributed by atoms with van der Waals surface area (Å²) in [6.45, 7) is 8.18. The zero-order chi connectivity index (χ0) is 14.9. The van der Waals surface area contributed by atoms with Crippen molar-refractivity contribution in [2.75, 3.05) is 26.2 Å². The number of nitrogens with one attached hydrogen (secondary N) is 1. The van der Waals surface area contributed by atoms with Gasteiger partial charge in [0, 0.05) is 13.1 Å². The predicted octanol–water partition coefficient (Wildman–Crippen LogP) is 2.99. The molecule has 0 atom stereocenters. The van der Waals surface area contributed by atoms with Crippen LogP contribution in [0.25, 0.3) is 0 Å². The average Bonchev–Trinajstić information content (AvgIpc) is 2.91. The summed E-state index contributed by atoms with van der Waals surface area (Å²) >= 11 is 0. The lowest BCUT2D eigenvalue weighted by Gasteiger charge is -2.35. The number of halogens is 1. The van der Waals surface area contributed by atoms with Gasteiger partial charge in [-0.15, -0.1) is 12.4 Å². The lowest BCUT2D eigenvalue weighted by molar-refractivity contribution is -0.135. The van der Waals surface area contributed by atoms with Gasteiger partial charge in [-0.1, -0.05) is 30.3 Å². The number of piperidine rings is 1. The van der Waals surface area contributed by atoms with Gasteiger partial charge in [-0.3, -0.25) is 4.79 Å². The van der Waals surface area contributed by atoms with E-state index in [-0.39, 0.29) is 18.3 Å². The molecular weight excluding hydrogens is 296 g/mol. The summed E-state index contributed by atoms with van der Waals surface area (Å²) in [7, 11) is 0. The van der Waals surface area contributed by atoms with E-state index in [1.54, 1.807) is 0 Å². The first-order chi connectivity index (χ1) is 10.0. The average molecular weight is 323 g/mol. The Morgan fingerprint density at radius 2 is 1.77 bits per heavy atom. The monoisotopic (exact) mass is 322 g/mol. The number of benzene rings is 1. The quantitative estimate of drug-likeness (QED) is 0.908. The second kappa shape index (κ2) is 6.59. The van der Waals surface area contributed by atoms with Crippen LogP contribution in [0.15, 0.2) is 30.3 Å². The third-order valence-electron chi connectivity index (χ3n) is 5.42. The van der Waals surface area contributed by atoms with Crippen molar-refractivity contribution < 1.29 is 4.79 Å². The number of carbonyl (C=O) groups excluding carboxylic acids is 1. The number of rotatable bonds is 2. The van der Waals surface area contributed by atoms with E-state index in [1.807, 2.05) is 18.2 Å². The predicted molar refractivity (Wildman–Crippen MR) is 92.4 cm³/mol. The number of amides is 1. The molecule has 3 nitrogen and oxygen atoms in total. The van der Waals surface area contributed by atoms with Crippen molar-refractivity contribution in [1.29, 1.82) is 0 Å². The normalized spacial score (nSPS) is 20.7. The number of hydrogen-bond donors (Lipinski definition) is 1. The van der Waals surface area contributed by atoms with E-state index in [9.17, 15) is 4.79 Å². The molecule has 0 bridgehead atoms. The minimum Gasteiger partial charge on any atom is -0.341 e. The molecule has 3 rings (SSSR count). The summed E-state index contributed by atoms with van der Waals surface area (Å²) in [5.41, 5.74) is 1.06. The Morgan fingerprint density at radius 3 is 2.41 bits per heavy atom. The van der Waals surface area contributed by atoms with Crippen molar-refractivity contribution in [1.82, 2.24) is 10.2 Å². The van der Waals surface area contributed by atoms with E-state index < -0.39 is 5.41 Å². The lowest BCUT2D eigenvalue weighted by Crippen LogP contribution is -2.45. The molecule has 2 saturated heterocycles. The fraction of sp³-hybridized carbons (Fsp3) is 0.611. The minimum atomic E-state index is -0.431. The maximum Gasteiger partial charge on any atom is 0.232 e. The Labute approximate surface area is 139 Å². The largest absolute Gasteiger partial charge is 0.341 e. The molecule has 0 aromatic heterocycles. The van der Waals surface area contributed by atoms with Crippen LogP contribution >= 0.6 is 12.4 Å². The van der Waals surface area contributed by atoms with Crippen LogP contribution in [-0.4, -0.2) is 37.0 Å². The van der Waals surface area contributed by atoms with Crippen LogP contribution in [0.3, 0.4) is 0 Å². The van der Waals surface area contributed by atoms with Gasteiger partial charge in [0.15, 0.2) is 0 Å². The standard InChI is InChI=1S/C18H26N2O.ClH/c1-17(2,15-6-4-3-5-7-15)16(21)20-13-10-18(14-20)8-11-19-12-9-18;/h3-7,19H,8-14H2,1-2H3;1H. The molecule has 0 aliphatic carbocycles. The molecule has 1 spiro atoms. The Hall–Kier alpha value is -1.06. The summed E-state index contributed by atoms with van der Waals surface area (Å²) in [4.78, 5) is 15.1. The van der Waals surface area contributed by atoms with Gasteiger partial charge in [0.25, 0.3) is 0 Å². The number of likely N-dealkylation sites (tertiary alicyclic amines) is 1. The van der Waals surface area contributed by atoms with Crippen LogP contribution in [0.2, 0.25) is 0 Å². The molecule has 0 saturated carbocycles. The van der Waals surface area contributed by atoms with Gasteiger partial charge in [-0.05, 0) is 57.2 Å². The summed E-state index contributed by atoms with van der Waals surface area (Å²) in [6.07, 6.45) is 3.59. The minimum absolute atomic E-state index is 0. The molecule has 0 unspecified atom stereocenters. The zero-order valence-electron chi connectivity index (χ0n) is 13.6. The van der Waals surface area contributed by atoms with Crippen molar-refractivity contribution in [3.63, 3.8) is 0 Å². The van der Waals surface area contributed by atoms with Crippen LogP contribution in [0.5, 0.6) is 0 Å². The second-order valence-corrected chi connectivity index (χ2v) is 7.22. The molecule has 2 fully saturated rings. The molecule has 1 N–H and O–H groups in total. The summed E-state index contributed by atoms with van der Waals surface area (Å²) in [6, 6.07) is 10.2. The van der Waals surface area contributed by atoms with Crippen molar-refractivity contribution in [2.45, 2.75) is 38.5 Å². The highest BCUT2D eigenvalue weighted by atomic mass is 35.5. The van der Waals surface area contributed by atoms with Gasteiger partial charge < -0.3 is 10.2 Å². The van der Waals surface area contributed by atoms with Gasteiger partial charge >= 0.3 is 0 Å². The highest BCUT2D eigenvalue weighted by molar-refractivity contribution is 5.87. The Balaban J connectivity index is 0.00000176. The molecular formula is C18H27ClN2O. The van der Waals surface area contributed by atoms with Crippen LogP contribution in [-0.2, 0) is 10.2 Å². The van der Waals surface area contributed by atoms with Gasteiger partial charge in [-0.2, -0.15) is 0 Å².